The van der Waals surface area contributed by atoms with Gasteiger partial charge in [0, 0.05) is 10.9 Å². The number of fused-ring (bicyclic) bond motifs is 2. The number of nitrogens with zero attached hydrogens (tertiary/aromatic N) is 1. The third-order valence-electron chi connectivity index (χ3n) is 4.47. The fraction of sp³-hybridized carbons (Fsp3) is 0.238. The fourth-order valence-corrected chi connectivity index (χ4v) is 4.14. The van der Waals surface area contributed by atoms with Crippen LogP contribution >= 0.6 is 11.3 Å². The van der Waals surface area contributed by atoms with Crippen molar-refractivity contribution in [3.05, 3.63) is 52.8 Å². The highest BCUT2D eigenvalue weighted by Crippen LogP contribution is 2.32. The molecule has 1 N–H and O–H groups in total. The Morgan fingerprint density at radius 2 is 2.04 bits per heavy atom. The Balaban J connectivity index is 1.66. The van der Waals surface area contributed by atoms with Gasteiger partial charge in [-0.15, -0.1) is 0 Å². The van der Waals surface area contributed by atoms with Crippen LogP contribution in [0.2, 0.25) is 0 Å². The van der Waals surface area contributed by atoms with Crippen molar-refractivity contribution in [1.29, 1.82) is 0 Å². The Morgan fingerprint density at radius 3 is 2.81 bits per heavy atom. The summed E-state index contributed by atoms with van der Waals surface area (Å²) in [6.07, 6.45) is 0. The van der Waals surface area contributed by atoms with Crippen LogP contribution in [0.4, 0.5) is 5.13 Å². The number of amides is 1. The third kappa shape index (κ3) is 3.17. The second kappa shape index (κ2) is 6.70. The van der Waals surface area contributed by atoms with Crippen LogP contribution in [0, 0.1) is 20.8 Å². The molecule has 2 aromatic heterocycles. The highest BCUT2D eigenvalue weighted by molar-refractivity contribution is 7.22. The molecule has 0 radical (unpaired) electrons. The van der Waals surface area contributed by atoms with E-state index in [4.69, 9.17) is 9.15 Å². The number of nitrogens with one attached hydrogen (secondary N) is 1. The van der Waals surface area contributed by atoms with Gasteiger partial charge in [0.1, 0.15) is 11.3 Å². The summed E-state index contributed by atoms with van der Waals surface area (Å²) < 4.78 is 12.4. The summed E-state index contributed by atoms with van der Waals surface area (Å²) in [5.74, 6) is 0.836. The van der Waals surface area contributed by atoms with Crippen LogP contribution in [0.1, 0.15) is 34.2 Å². The van der Waals surface area contributed by atoms with E-state index in [1.165, 1.54) is 11.3 Å². The number of anilines is 1. The minimum absolute atomic E-state index is 0.287. The van der Waals surface area contributed by atoms with Gasteiger partial charge >= 0.3 is 0 Å². The SMILES string of the molecule is CCOc1ccc2nc(NC(=O)c3oc4c(C)cc(C)cc4c3C)sc2c1. The molecule has 0 bridgehead atoms. The molecule has 0 aliphatic rings. The van der Waals surface area contributed by atoms with Crippen LogP contribution in [-0.4, -0.2) is 17.5 Å². The molecule has 1 amide bonds. The van der Waals surface area contributed by atoms with Gasteiger partial charge in [-0.1, -0.05) is 17.4 Å². The zero-order valence-corrected chi connectivity index (χ0v) is 16.5. The number of aryl methyl sites for hydroxylation is 3. The van der Waals surface area contributed by atoms with Crippen molar-refractivity contribution in [3.8, 4) is 5.75 Å². The first kappa shape index (κ1) is 17.5. The normalized spacial score (nSPS) is 11.3. The summed E-state index contributed by atoms with van der Waals surface area (Å²) in [7, 11) is 0. The van der Waals surface area contributed by atoms with Gasteiger partial charge in [-0.25, -0.2) is 4.98 Å². The van der Waals surface area contributed by atoms with Crippen molar-refractivity contribution >= 4 is 43.6 Å². The van der Waals surface area contributed by atoms with Gasteiger partial charge in [0.05, 0.1) is 16.8 Å². The minimum Gasteiger partial charge on any atom is -0.494 e. The molecule has 4 aromatic rings. The Labute approximate surface area is 161 Å². The van der Waals surface area contributed by atoms with Crippen molar-refractivity contribution < 1.29 is 13.9 Å². The number of hydrogen-bond acceptors (Lipinski definition) is 5. The number of thiazole rings is 1. The van der Waals surface area contributed by atoms with E-state index < -0.39 is 0 Å². The number of aromatic nitrogens is 1. The van der Waals surface area contributed by atoms with Crippen LogP contribution in [0.3, 0.4) is 0 Å². The van der Waals surface area contributed by atoms with E-state index in [-0.39, 0.29) is 5.91 Å². The van der Waals surface area contributed by atoms with Gasteiger partial charge in [0.25, 0.3) is 5.91 Å². The first-order valence-electron chi connectivity index (χ1n) is 8.81. The maximum Gasteiger partial charge on any atom is 0.293 e. The molecule has 0 saturated carbocycles. The Hall–Kier alpha value is -2.86. The molecule has 0 unspecified atom stereocenters. The first-order chi connectivity index (χ1) is 13.0. The van der Waals surface area contributed by atoms with Gasteiger partial charge in [-0.05, 0) is 63.1 Å². The number of carbonyl (C=O) groups is 1. The van der Waals surface area contributed by atoms with Crippen LogP contribution in [0.5, 0.6) is 5.75 Å². The summed E-state index contributed by atoms with van der Waals surface area (Å²) in [5, 5.41) is 4.38. The summed E-state index contributed by atoms with van der Waals surface area (Å²) in [5.41, 5.74) is 4.59. The predicted octanol–water partition coefficient (Wildman–Crippen LogP) is 5.62. The van der Waals surface area contributed by atoms with Crippen molar-refractivity contribution in [2.45, 2.75) is 27.7 Å². The van der Waals surface area contributed by atoms with Crippen molar-refractivity contribution in [2.24, 2.45) is 0 Å². The lowest BCUT2D eigenvalue weighted by Gasteiger charge is -2.00. The number of rotatable bonds is 4. The van der Waals surface area contributed by atoms with Crippen LogP contribution in [0.15, 0.2) is 34.7 Å². The van der Waals surface area contributed by atoms with E-state index >= 15 is 0 Å². The third-order valence-corrected chi connectivity index (χ3v) is 5.40. The van der Waals surface area contributed by atoms with E-state index in [0.717, 1.165) is 43.6 Å². The molecule has 2 aromatic carbocycles. The van der Waals surface area contributed by atoms with E-state index in [1.807, 2.05) is 52.0 Å². The van der Waals surface area contributed by atoms with Gasteiger partial charge in [-0.3, -0.25) is 10.1 Å². The largest absolute Gasteiger partial charge is 0.494 e. The Bertz CT molecular complexity index is 1170. The van der Waals surface area contributed by atoms with Gasteiger partial charge in [0.15, 0.2) is 10.9 Å². The molecule has 5 nitrogen and oxygen atoms in total. The Morgan fingerprint density at radius 1 is 1.22 bits per heavy atom. The molecular weight excluding hydrogens is 360 g/mol. The Kier molecular flexibility index (Phi) is 4.36. The predicted molar refractivity (Wildman–Crippen MR) is 109 cm³/mol. The van der Waals surface area contributed by atoms with Crippen LogP contribution in [-0.2, 0) is 0 Å². The molecule has 0 atom stereocenters. The zero-order chi connectivity index (χ0) is 19.1. The topological polar surface area (TPSA) is 64.4 Å². The molecule has 0 aliphatic carbocycles. The number of carbonyl (C=O) groups excluding carboxylic acids is 1. The average molecular weight is 380 g/mol. The number of furan rings is 1. The smallest absolute Gasteiger partial charge is 0.293 e. The second-order valence-corrected chi connectivity index (χ2v) is 7.58. The van der Waals surface area contributed by atoms with E-state index in [0.29, 0.717) is 17.5 Å². The molecule has 0 aliphatic heterocycles. The summed E-state index contributed by atoms with van der Waals surface area (Å²) >= 11 is 1.41. The first-order valence-corrected chi connectivity index (χ1v) is 9.63. The average Bonchev–Trinajstić information content (AvgIpc) is 3.16. The number of benzene rings is 2. The van der Waals surface area contributed by atoms with E-state index in [9.17, 15) is 4.79 Å². The molecule has 2 heterocycles. The lowest BCUT2D eigenvalue weighted by molar-refractivity contribution is 0.0998. The highest BCUT2D eigenvalue weighted by atomic mass is 32.1. The lowest BCUT2D eigenvalue weighted by Crippen LogP contribution is -2.11. The molecule has 0 spiro atoms. The fourth-order valence-electron chi connectivity index (χ4n) is 3.25. The molecule has 4 rings (SSSR count). The van der Waals surface area contributed by atoms with Gasteiger partial charge in [0.2, 0.25) is 0 Å². The highest BCUT2D eigenvalue weighted by Gasteiger charge is 2.20. The monoisotopic (exact) mass is 380 g/mol. The second-order valence-electron chi connectivity index (χ2n) is 6.55. The maximum atomic E-state index is 12.8. The van der Waals surface area contributed by atoms with Gasteiger partial charge in [-0.2, -0.15) is 0 Å². The lowest BCUT2D eigenvalue weighted by atomic mass is 10.1. The standard InChI is InChI=1S/C21H20N2O3S/c1-5-25-14-6-7-16-17(10-14)27-21(22-16)23-20(24)19-13(4)15-9-11(2)8-12(3)18(15)26-19/h6-10H,5H2,1-4H3,(H,22,23,24). The van der Waals surface area contributed by atoms with E-state index in [1.54, 1.807) is 0 Å². The molecule has 0 saturated heterocycles. The van der Waals surface area contributed by atoms with Crippen molar-refractivity contribution in [3.63, 3.8) is 0 Å². The quantitative estimate of drug-likeness (QED) is 0.499. The summed E-state index contributed by atoms with van der Waals surface area (Å²) in [4.78, 5) is 17.3. The molecule has 0 fully saturated rings. The molecule has 27 heavy (non-hydrogen) atoms. The van der Waals surface area contributed by atoms with Crippen LogP contribution < -0.4 is 10.1 Å². The van der Waals surface area contributed by atoms with Crippen molar-refractivity contribution in [2.75, 3.05) is 11.9 Å². The summed E-state index contributed by atoms with van der Waals surface area (Å²) in [6, 6.07) is 9.81. The van der Waals surface area contributed by atoms with Crippen LogP contribution in [0.25, 0.3) is 21.2 Å². The maximum absolute atomic E-state index is 12.8. The zero-order valence-electron chi connectivity index (χ0n) is 15.7. The van der Waals surface area contributed by atoms with E-state index in [2.05, 4.69) is 16.4 Å². The summed E-state index contributed by atoms with van der Waals surface area (Å²) in [6.45, 7) is 8.49. The number of hydrogen-bond donors (Lipinski definition) is 1. The minimum atomic E-state index is -0.287. The number of ether oxygens (including phenoxy) is 1. The van der Waals surface area contributed by atoms with Gasteiger partial charge < -0.3 is 9.15 Å². The molecular formula is C21H20N2O3S. The molecule has 138 valence electrons. The van der Waals surface area contributed by atoms with Crippen molar-refractivity contribution in [1.82, 2.24) is 4.98 Å². The molecule has 6 heteroatoms.